The Labute approximate surface area is 126 Å². The van der Waals surface area contributed by atoms with E-state index in [-0.39, 0.29) is 11.7 Å². The minimum atomic E-state index is -0.613. The van der Waals surface area contributed by atoms with Crippen molar-refractivity contribution in [2.24, 2.45) is 0 Å². The summed E-state index contributed by atoms with van der Waals surface area (Å²) in [6.45, 7) is 1.44. The molecule has 0 fully saturated rings. The summed E-state index contributed by atoms with van der Waals surface area (Å²) >= 11 is 0. The van der Waals surface area contributed by atoms with Gasteiger partial charge in [0.1, 0.15) is 0 Å². The summed E-state index contributed by atoms with van der Waals surface area (Å²) in [6.07, 6.45) is -0.613. The highest BCUT2D eigenvalue weighted by atomic mass is 16.5. The average Bonchev–Trinajstić information content (AvgIpc) is 2.49. The van der Waals surface area contributed by atoms with Gasteiger partial charge in [0, 0.05) is 18.3 Å². The number of hydrogen-bond acceptors (Lipinski definition) is 6. The molecule has 2 rings (SSSR count). The van der Waals surface area contributed by atoms with Gasteiger partial charge < -0.3 is 15.4 Å². The monoisotopic (exact) mass is 301 g/mol. The van der Waals surface area contributed by atoms with Crippen LogP contribution < -0.4 is 16.0 Å². The molecule has 22 heavy (non-hydrogen) atoms. The highest BCUT2D eigenvalue weighted by Crippen LogP contribution is 2.19. The molecule has 0 bridgehead atoms. The molecule has 0 radical (unpaired) electrons. The highest BCUT2D eigenvalue weighted by molar-refractivity contribution is 5.89. The second-order valence-electron chi connectivity index (χ2n) is 4.31. The largest absolute Gasteiger partial charge is 0.453 e. The number of carbonyl (C=O) groups is 2. The van der Waals surface area contributed by atoms with Crippen molar-refractivity contribution in [3.8, 4) is 0 Å². The second-order valence-corrected chi connectivity index (χ2v) is 4.31. The molecule has 0 saturated carbocycles. The van der Waals surface area contributed by atoms with Crippen molar-refractivity contribution in [3.63, 3.8) is 0 Å². The van der Waals surface area contributed by atoms with E-state index >= 15 is 0 Å². The van der Waals surface area contributed by atoms with Crippen LogP contribution in [0.3, 0.4) is 0 Å². The quantitative estimate of drug-likeness (QED) is 0.800. The standard InChI is InChI=1S/C14H15N5O3/c1-9(20)15-10-4-3-5-11(8-10)16-12-6-7-13(19-18-12)17-14(21)22-2/h3-8H,1-2H3,(H,15,20)(H,16,18)(H,17,19,21). The maximum Gasteiger partial charge on any atom is 0.412 e. The summed E-state index contributed by atoms with van der Waals surface area (Å²) in [7, 11) is 1.26. The first kappa shape index (κ1) is 15.2. The number of carbonyl (C=O) groups excluding carboxylic acids is 2. The Hall–Kier alpha value is -3.16. The molecule has 0 aliphatic rings. The van der Waals surface area contributed by atoms with Crippen LogP contribution in [0.2, 0.25) is 0 Å². The van der Waals surface area contributed by atoms with Crippen LogP contribution in [-0.4, -0.2) is 29.3 Å². The maximum atomic E-state index is 11.0. The lowest BCUT2D eigenvalue weighted by Gasteiger charge is -2.08. The summed E-state index contributed by atoms with van der Waals surface area (Å²) < 4.78 is 4.46. The van der Waals surface area contributed by atoms with Gasteiger partial charge in [-0.2, -0.15) is 0 Å². The number of amides is 2. The lowest BCUT2D eigenvalue weighted by atomic mass is 10.2. The zero-order valence-corrected chi connectivity index (χ0v) is 12.1. The van der Waals surface area contributed by atoms with Crippen LogP contribution in [0.25, 0.3) is 0 Å². The zero-order valence-electron chi connectivity index (χ0n) is 12.1. The lowest BCUT2D eigenvalue weighted by Crippen LogP contribution is -2.12. The number of nitrogens with one attached hydrogen (secondary N) is 3. The minimum Gasteiger partial charge on any atom is -0.453 e. The fraction of sp³-hybridized carbons (Fsp3) is 0.143. The minimum absolute atomic E-state index is 0.143. The third-order valence-electron chi connectivity index (χ3n) is 2.54. The number of anilines is 4. The van der Waals surface area contributed by atoms with Crippen molar-refractivity contribution in [3.05, 3.63) is 36.4 Å². The van der Waals surface area contributed by atoms with Gasteiger partial charge in [-0.3, -0.25) is 10.1 Å². The third-order valence-corrected chi connectivity index (χ3v) is 2.54. The molecule has 0 spiro atoms. The van der Waals surface area contributed by atoms with Crippen LogP contribution in [0.15, 0.2) is 36.4 Å². The van der Waals surface area contributed by atoms with Gasteiger partial charge >= 0.3 is 6.09 Å². The predicted molar refractivity (Wildman–Crippen MR) is 82.1 cm³/mol. The zero-order chi connectivity index (χ0) is 15.9. The Kier molecular flexibility index (Phi) is 4.86. The van der Waals surface area contributed by atoms with Crippen molar-refractivity contribution in [2.45, 2.75) is 6.92 Å². The van der Waals surface area contributed by atoms with E-state index in [2.05, 4.69) is 30.9 Å². The van der Waals surface area contributed by atoms with Gasteiger partial charge in [0.25, 0.3) is 0 Å². The van der Waals surface area contributed by atoms with Crippen molar-refractivity contribution in [1.29, 1.82) is 0 Å². The molecule has 8 nitrogen and oxygen atoms in total. The summed E-state index contributed by atoms with van der Waals surface area (Å²) in [5.41, 5.74) is 1.42. The van der Waals surface area contributed by atoms with Crippen LogP contribution in [0, 0.1) is 0 Å². The van der Waals surface area contributed by atoms with E-state index in [1.165, 1.54) is 14.0 Å². The predicted octanol–water partition coefficient (Wildman–Crippen LogP) is 2.36. The Morgan fingerprint density at radius 2 is 1.68 bits per heavy atom. The normalized spacial score (nSPS) is 9.73. The van der Waals surface area contributed by atoms with Crippen molar-refractivity contribution in [1.82, 2.24) is 10.2 Å². The number of methoxy groups -OCH3 is 1. The number of rotatable bonds is 4. The van der Waals surface area contributed by atoms with Gasteiger partial charge in [0.15, 0.2) is 11.6 Å². The molecule has 0 aliphatic carbocycles. The average molecular weight is 301 g/mol. The van der Waals surface area contributed by atoms with Gasteiger partial charge in [-0.25, -0.2) is 4.79 Å². The van der Waals surface area contributed by atoms with E-state index in [0.29, 0.717) is 11.5 Å². The number of hydrogen-bond donors (Lipinski definition) is 3. The molecule has 0 atom stereocenters. The summed E-state index contributed by atoms with van der Waals surface area (Å²) in [6, 6.07) is 10.4. The Morgan fingerprint density at radius 3 is 2.32 bits per heavy atom. The first-order valence-electron chi connectivity index (χ1n) is 6.40. The fourth-order valence-electron chi connectivity index (χ4n) is 1.65. The van der Waals surface area contributed by atoms with Crippen LogP contribution in [0.4, 0.5) is 27.8 Å². The molecule has 1 heterocycles. The SMILES string of the molecule is COC(=O)Nc1ccc(Nc2cccc(NC(C)=O)c2)nn1. The third kappa shape index (κ3) is 4.44. The Balaban J connectivity index is 2.04. The van der Waals surface area contributed by atoms with Crippen LogP contribution in [-0.2, 0) is 9.53 Å². The molecule has 1 aromatic heterocycles. The van der Waals surface area contributed by atoms with Crippen molar-refractivity contribution in [2.75, 3.05) is 23.1 Å². The van der Waals surface area contributed by atoms with Crippen LogP contribution >= 0.6 is 0 Å². The number of nitrogens with zero attached hydrogens (tertiary/aromatic N) is 2. The first-order valence-corrected chi connectivity index (χ1v) is 6.40. The summed E-state index contributed by atoms with van der Waals surface area (Å²) in [4.78, 5) is 22.1. The molecule has 0 saturated heterocycles. The van der Waals surface area contributed by atoms with E-state index in [0.717, 1.165) is 5.69 Å². The fourth-order valence-corrected chi connectivity index (χ4v) is 1.65. The first-order chi connectivity index (χ1) is 10.6. The van der Waals surface area contributed by atoms with E-state index in [9.17, 15) is 9.59 Å². The molecule has 1 aromatic carbocycles. The molecule has 8 heteroatoms. The van der Waals surface area contributed by atoms with Gasteiger partial charge in [0.05, 0.1) is 7.11 Å². The lowest BCUT2D eigenvalue weighted by molar-refractivity contribution is -0.114. The van der Waals surface area contributed by atoms with Crippen molar-refractivity contribution < 1.29 is 14.3 Å². The van der Waals surface area contributed by atoms with Gasteiger partial charge in [-0.1, -0.05) is 6.07 Å². The molecule has 2 amide bonds. The summed E-state index contributed by atoms with van der Waals surface area (Å²) in [5.74, 6) is 0.634. The molecule has 114 valence electrons. The Bertz CT molecular complexity index is 672. The molecular formula is C14H15N5O3. The summed E-state index contributed by atoms with van der Waals surface area (Å²) in [5, 5.41) is 15.9. The molecule has 0 aliphatic heterocycles. The number of aromatic nitrogens is 2. The van der Waals surface area contributed by atoms with E-state index in [1.807, 2.05) is 6.07 Å². The van der Waals surface area contributed by atoms with Crippen LogP contribution in [0.5, 0.6) is 0 Å². The molecule has 3 N–H and O–H groups in total. The van der Waals surface area contributed by atoms with Gasteiger partial charge in [0.2, 0.25) is 5.91 Å². The topological polar surface area (TPSA) is 105 Å². The number of ether oxygens (including phenoxy) is 1. The Morgan fingerprint density at radius 1 is 1.00 bits per heavy atom. The molecule has 2 aromatic rings. The molecular weight excluding hydrogens is 286 g/mol. The number of benzene rings is 1. The van der Waals surface area contributed by atoms with Gasteiger partial charge in [-0.15, -0.1) is 10.2 Å². The smallest absolute Gasteiger partial charge is 0.412 e. The highest BCUT2D eigenvalue weighted by Gasteiger charge is 2.04. The molecule has 0 unspecified atom stereocenters. The maximum absolute atomic E-state index is 11.0. The van der Waals surface area contributed by atoms with Gasteiger partial charge in [-0.05, 0) is 30.3 Å². The van der Waals surface area contributed by atoms with E-state index < -0.39 is 6.09 Å². The second kappa shape index (κ2) is 7.02. The van der Waals surface area contributed by atoms with Crippen molar-refractivity contribution >= 4 is 35.0 Å². The van der Waals surface area contributed by atoms with Crippen LogP contribution in [0.1, 0.15) is 6.92 Å². The van der Waals surface area contributed by atoms with E-state index in [1.54, 1.807) is 30.3 Å². The van der Waals surface area contributed by atoms with E-state index in [4.69, 9.17) is 0 Å².